The molecule has 5 heteroatoms. The summed E-state index contributed by atoms with van der Waals surface area (Å²) in [5.41, 5.74) is 7.74. The molecular formula is C16H13BrN4. The van der Waals surface area contributed by atoms with Crippen molar-refractivity contribution in [2.75, 3.05) is 11.1 Å². The highest BCUT2D eigenvalue weighted by Gasteiger charge is 2.06. The number of nitrogens with one attached hydrogen (secondary N) is 1. The van der Waals surface area contributed by atoms with Gasteiger partial charge in [0.1, 0.15) is 11.6 Å². The summed E-state index contributed by atoms with van der Waals surface area (Å²) in [5, 5.41) is 3.25. The number of anilines is 3. The molecule has 104 valence electrons. The third-order valence-corrected chi connectivity index (χ3v) is 3.61. The summed E-state index contributed by atoms with van der Waals surface area (Å²) in [6, 6.07) is 19.3. The summed E-state index contributed by atoms with van der Waals surface area (Å²) in [7, 11) is 0. The number of para-hydroxylation sites is 1. The Kier molecular flexibility index (Phi) is 3.83. The number of hydrogen-bond donors (Lipinski definition) is 2. The zero-order valence-electron chi connectivity index (χ0n) is 11.1. The number of halogens is 1. The molecule has 0 radical (unpaired) electrons. The molecule has 1 aromatic heterocycles. The molecule has 0 aliphatic rings. The van der Waals surface area contributed by atoms with E-state index in [0.29, 0.717) is 17.5 Å². The molecule has 0 aliphatic carbocycles. The average molecular weight is 341 g/mol. The fourth-order valence-corrected chi connectivity index (χ4v) is 2.33. The molecule has 4 nitrogen and oxygen atoms in total. The minimum absolute atomic E-state index is 0.429. The number of hydrogen-bond acceptors (Lipinski definition) is 4. The molecule has 1 heterocycles. The average Bonchev–Trinajstić information content (AvgIpc) is 2.50. The van der Waals surface area contributed by atoms with Crippen LogP contribution in [0.1, 0.15) is 0 Å². The molecule has 0 unspecified atom stereocenters. The Hall–Kier alpha value is -2.40. The third-order valence-electron chi connectivity index (χ3n) is 2.91. The van der Waals surface area contributed by atoms with Crippen LogP contribution in [0.4, 0.5) is 17.3 Å². The highest BCUT2D eigenvalue weighted by Crippen LogP contribution is 2.26. The molecule has 0 saturated carbocycles. The molecule has 0 saturated heterocycles. The molecule has 2 aromatic carbocycles. The van der Waals surface area contributed by atoms with E-state index in [2.05, 4.69) is 31.2 Å². The maximum atomic E-state index is 5.89. The van der Waals surface area contributed by atoms with Crippen LogP contribution in [0, 0.1) is 0 Å². The third kappa shape index (κ3) is 3.20. The largest absolute Gasteiger partial charge is 0.384 e. The second kappa shape index (κ2) is 5.93. The fourth-order valence-electron chi connectivity index (χ4n) is 1.95. The number of nitrogens with zero attached hydrogens (tertiary/aromatic N) is 2. The van der Waals surface area contributed by atoms with Crippen LogP contribution in [-0.4, -0.2) is 9.97 Å². The van der Waals surface area contributed by atoms with E-state index in [4.69, 9.17) is 5.73 Å². The quantitative estimate of drug-likeness (QED) is 0.748. The molecule has 0 spiro atoms. The van der Waals surface area contributed by atoms with Gasteiger partial charge in [-0.25, -0.2) is 9.97 Å². The van der Waals surface area contributed by atoms with E-state index in [1.807, 2.05) is 54.6 Å². The van der Waals surface area contributed by atoms with Gasteiger partial charge in [0.05, 0.1) is 5.69 Å². The first-order valence-corrected chi connectivity index (χ1v) is 7.23. The predicted octanol–water partition coefficient (Wildman–Crippen LogP) is 4.23. The molecule has 0 amide bonds. The van der Waals surface area contributed by atoms with Crippen LogP contribution in [0.5, 0.6) is 0 Å². The van der Waals surface area contributed by atoms with Crippen molar-refractivity contribution in [2.45, 2.75) is 0 Å². The van der Waals surface area contributed by atoms with Crippen LogP contribution in [0.15, 0.2) is 65.1 Å². The van der Waals surface area contributed by atoms with Crippen LogP contribution in [-0.2, 0) is 0 Å². The van der Waals surface area contributed by atoms with Crippen LogP contribution < -0.4 is 11.1 Å². The van der Waals surface area contributed by atoms with Gasteiger partial charge < -0.3 is 11.1 Å². The van der Waals surface area contributed by atoms with Gasteiger partial charge in [-0.3, -0.25) is 0 Å². The van der Waals surface area contributed by atoms with Gasteiger partial charge in [0.2, 0.25) is 0 Å². The van der Waals surface area contributed by atoms with E-state index in [1.165, 1.54) is 0 Å². The van der Waals surface area contributed by atoms with Crippen molar-refractivity contribution in [1.82, 2.24) is 9.97 Å². The number of nitrogens with two attached hydrogens (primary N) is 1. The summed E-state index contributed by atoms with van der Waals surface area (Å²) < 4.78 is 0.962. The zero-order chi connectivity index (χ0) is 14.7. The molecular weight excluding hydrogens is 328 g/mol. The van der Waals surface area contributed by atoms with Crippen molar-refractivity contribution in [3.05, 3.63) is 65.1 Å². The first-order valence-electron chi connectivity index (χ1n) is 6.44. The summed E-state index contributed by atoms with van der Waals surface area (Å²) in [6.07, 6.45) is 0. The summed E-state index contributed by atoms with van der Waals surface area (Å²) in [4.78, 5) is 8.80. The normalized spacial score (nSPS) is 10.3. The summed E-state index contributed by atoms with van der Waals surface area (Å²) in [5.74, 6) is 1.69. The van der Waals surface area contributed by atoms with E-state index in [0.717, 1.165) is 15.7 Å². The second-order valence-electron chi connectivity index (χ2n) is 4.47. The van der Waals surface area contributed by atoms with Gasteiger partial charge in [0.25, 0.3) is 0 Å². The van der Waals surface area contributed by atoms with Crippen molar-refractivity contribution in [2.24, 2.45) is 0 Å². The molecule has 0 fully saturated rings. The smallest absolute Gasteiger partial charge is 0.163 e. The number of rotatable bonds is 3. The zero-order valence-corrected chi connectivity index (χ0v) is 12.7. The van der Waals surface area contributed by atoms with Crippen LogP contribution >= 0.6 is 15.9 Å². The van der Waals surface area contributed by atoms with Crippen LogP contribution in [0.2, 0.25) is 0 Å². The standard InChI is InChI=1S/C16H13BrN4/c17-12-8-4-5-9-13(12)19-15-10-14(18)20-16(21-15)11-6-2-1-3-7-11/h1-10H,(H3,18,19,20,21). The van der Waals surface area contributed by atoms with Gasteiger partial charge in [-0.2, -0.15) is 0 Å². The lowest BCUT2D eigenvalue weighted by Crippen LogP contribution is -2.01. The van der Waals surface area contributed by atoms with E-state index < -0.39 is 0 Å². The Morgan fingerprint density at radius 3 is 2.38 bits per heavy atom. The van der Waals surface area contributed by atoms with Gasteiger partial charge in [-0.05, 0) is 28.1 Å². The van der Waals surface area contributed by atoms with Crippen molar-refractivity contribution in [3.63, 3.8) is 0 Å². The predicted molar refractivity (Wildman–Crippen MR) is 89.3 cm³/mol. The molecule has 3 N–H and O–H groups in total. The van der Waals surface area contributed by atoms with Gasteiger partial charge in [-0.15, -0.1) is 0 Å². The fraction of sp³-hybridized carbons (Fsp3) is 0. The molecule has 0 bridgehead atoms. The Morgan fingerprint density at radius 2 is 1.62 bits per heavy atom. The van der Waals surface area contributed by atoms with Crippen molar-refractivity contribution < 1.29 is 0 Å². The highest BCUT2D eigenvalue weighted by atomic mass is 79.9. The minimum Gasteiger partial charge on any atom is -0.384 e. The van der Waals surface area contributed by atoms with Crippen LogP contribution in [0.25, 0.3) is 11.4 Å². The van der Waals surface area contributed by atoms with Crippen molar-refractivity contribution in [3.8, 4) is 11.4 Å². The second-order valence-corrected chi connectivity index (χ2v) is 5.33. The lowest BCUT2D eigenvalue weighted by molar-refractivity contribution is 1.18. The Labute approximate surface area is 131 Å². The maximum absolute atomic E-state index is 5.89. The summed E-state index contributed by atoms with van der Waals surface area (Å²) >= 11 is 3.50. The SMILES string of the molecule is Nc1cc(Nc2ccccc2Br)nc(-c2ccccc2)n1. The lowest BCUT2D eigenvalue weighted by Gasteiger charge is -2.10. The Balaban J connectivity index is 1.97. The molecule has 3 rings (SSSR count). The Morgan fingerprint density at radius 1 is 0.905 bits per heavy atom. The van der Waals surface area contributed by atoms with Crippen LogP contribution in [0.3, 0.4) is 0 Å². The maximum Gasteiger partial charge on any atom is 0.163 e. The number of aromatic nitrogens is 2. The topological polar surface area (TPSA) is 63.8 Å². The lowest BCUT2D eigenvalue weighted by atomic mass is 10.2. The van der Waals surface area contributed by atoms with Gasteiger partial charge in [-0.1, -0.05) is 42.5 Å². The van der Waals surface area contributed by atoms with Crippen molar-refractivity contribution >= 4 is 33.3 Å². The molecule has 0 aliphatic heterocycles. The molecule has 21 heavy (non-hydrogen) atoms. The van der Waals surface area contributed by atoms with Gasteiger partial charge in [0, 0.05) is 16.1 Å². The first kappa shape index (κ1) is 13.6. The summed E-state index contributed by atoms with van der Waals surface area (Å²) in [6.45, 7) is 0. The van der Waals surface area contributed by atoms with E-state index in [1.54, 1.807) is 6.07 Å². The molecule has 0 atom stereocenters. The molecule has 3 aromatic rings. The van der Waals surface area contributed by atoms with Gasteiger partial charge >= 0.3 is 0 Å². The first-order chi connectivity index (χ1) is 10.2. The number of nitrogen functional groups attached to an aromatic ring is 1. The van der Waals surface area contributed by atoms with E-state index in [-0.39, 0.29) is 0 Å². The monoisotopic (exact) mass is 340 g/mol. The van der Waals surface area contributed by atoms with E-state index in [9.17, 15) is 0 Å². The highest BCUT2D eigenvalue weighted by molar-refractivity contribution is 9.10. The van der Waals surface area contributed by atoms with E-state index >= 15 is 0 Å². The van der Waals surface area contributed by atoms with Gasteiger partial charge in [0.15, 0.2) is 5.82 Å². The van der Waals surface area contributed by atoms with Crippen molar-refractivity contribution in [1.29, 1.82) is 0 Å². The number of benzene rings is 2. The minimum atomic E-state index is 0.429. The Bertz CT molecular complexity index is 759.